The molecule has 15 rings (SSSR count). The van der Waals surface area contributed by atoms with Crippen molar-refractivity contribution in [3.05, 3.63) is 223 Å². The first-order chi connectivity index (χ1) is 34.0. The second kappa shape index (κ2) is 14.0. The first-order valence-corrected chi connectivity index (χ1v) is 23.8. The first kappa shape index (κ1) is 38.2. The van der Waals surface area contributed by atoms with Gasteiger partial charge in [0.2, 0.25) is 0 Å². The monoisotopic (exact) mass is 879 g/mol. The number of para-hydroxylation sites is 4. The number of aromatic nitrogens is 5. The third kappa shape index (κ3) is 5.38. The van der Waals surface area contributed by atoms with Crippen molar-refractivity contribution in [2.75, 3.05) is 0 Å². The molecule has 0 atom stereocenters. The van der Waals surface area contributed by atoms with E-state index in [-0.39, 0.29) is 5.41 Å². The summed E-state index contributed by atoms with van der Waals surface area (Å²) in [7, 11) is 0. The molecule has 0 saturated carbocycles. The van der Waals surface area contributed by atoms with Gasteiger partial charge in [0.05, 0.1) is 27.8 Å². The van der Waals surface area contributed by atoms with E-state index in [0.29, 0.717) is 17.5 Å². The van der Waals surface area contributed by atoms with Crippen LogP contribution in [0, 0.1) is 0 Å². The highest BCUT2D eigenvalue weighted by Gasteiger charge is 2.41. The predicted octanol–water partition coefficient (Wildman–Crippen LogP) is 16.2. The van der Waals surface area contributed by atoms with E-state index in [0.717, 1.165) is 49.9 Å². The minimum atomic E-state index is -0.131. The summed E-state index contributed by atoms with van der Waals surface area (Å²) in [5.41, 5.74) is 19.7. The topological polar surface area (TPSA) is 48.5 Å². The fourth-order valence-corrected chi connectivity index (χ4v) is 11.9. The number of nitrogens with zero attached hydrogens (tertiary/aromatic N) is 5. The molecule has 2 aliphatic rings. The molecule has 1 aliphatic heterocycles. The summed E-state index contributed by atoms with van der Waals surface area (Å²) in [5.74, 6) is 1.85. The fourth-order valence-electron chi connectivity index (χ4n) is 11.9. The molecular formula is C64H41N5. The maximum atomic E-state index is 5.49. The van der Waals surface area contributed by atoms with Crippen LogP contribution in [0.15, 0.2) is 212 Å². The SMILES string of the molecule is CC1(C)c2cccc3c2-c2c1ccc1c4ccc(-c5nc(-c6ccc(-c7ccc8ccccc8c7)cc6)nc(-c6cccc7c8ccccc8n(-c8ccccc8)c67)n5)cc4n(c21)-c1ccccc1-3. The van der Waals surface area contributed by atoms with Crippen LogP contribution in [0.1, 0.15) is 25.0 Å². The lowest BCUT2D eigenvalue weighted by atomic mass is 9.81. The molecule has 0 fully saturated rings. The van der Waals surface area contributed by atoms with Crippen molar-refractivity contribution in [2.24, 2.45) is 0 Å². The van der Waals surface area contributed by atoms with E-state index in [9.17, 15) is 0 Å². The molecule has 1 aliphatic carbocycles. The lowest BCUT2D eigenvalue weighted by Crippen LogP contribution is -2.15. The smallest absolute Gasteiger partial charge is 0.166 e. The molecule has 69 heavy (non-hydrogen) atoms. The van der Waals surface area contributed by atoms with Gasteiger partial charge in [-0.1, -0.05) is 184 Å². The molecule has 0 N–H and O–H groups in total. The number of hydrogen-bond acceptors (Lipinski definition) is 3. The quantitative estimate of drug-likeness (QED) is 0.173. The third-order valence-electron chi connectivity index (χ3n) is 15.1. The first-order valence-electron chi connectivity index (χ1n) is 23.8. The van der Waals surface area contributed by atoms with Gasteiger partial charge in [0.25, 0.3) is 0 Å². The lowest BCUT2D eigenvalue weighted by molar-refractivity contribution is 0.661. The summed E-state index contributed by atoms with van der Waals surface area (Å²) in [5, 5.41) is 7.22. The van der Waals surface area contributed by atoms with E-state index >= 15 is 0 Å². The van der Waals surface area contributed by atoms with Crippen LogP contribution in [0.4, 0.5) is 0 Å². The zero-order valence-corrected chi connectivity index (χ0v) is 37.9. The van der Waals surface area contributed by atoms with Gasteiger partial charge >= 0.3 is 0 Å². The van der Waals surface area contributed by atoms with E-state index in [4.69, 9.17) is 15.0 Å². The van der Waals surface area contributed by atoms with Gasteiger partial charge in [-0.25, -0.2) is 15.0 Å². The molecule has 4 heterocycles. The van der Waals surface area contributed by atoms with Crippen molar-refractivity contribution in [3.63, 3.8) is 0 Å². The minimum Gasteiger partial charge on any atom is -0.309 e. The normalized spacial score (nSPS) is 13.2. The summed E-state index contributed by atoms with van der Waals surface area (Å²) in [6.45, 7) is 4.75. The number of fused-ring (bicyclic) bond motifs is 10. The fraction of sp³-hybridized carbons (Fsp3) is 0.0469. The Morgan fingerprint density at radius 3 is 1.84 bits per heavy atom. The molecule has 5 nitrogen and oxygen atoms in total. The van der Waals surface area contributed by atoms with Crippen LogP contribution in [-0.4, -0.2) is 24.1 Å². The second-order valence-corrected chi connectivity index (χ2v) is 19.2. The van der Waals surface area contributed by atoms with E-state index in [1.54, 1.807) is 0 Å². The van der Waals surface area contributed by atoms with E-state index in [1.165, 1.54) is 77.1 Å². The Balaban J connectivity index is 0.980. The Morgan fingerprint density at radius 1 is 0.348 bits per heavy atom. The summed E-state index contributed by atoms with van der Waals surface area (Å²) in [6.07, 6.45) is 0. The molecule has 0 unspecified atom stereocenters. The highest BCUT2D eigenvalue weighted by atomic mass is 15.1. The highest BCUT2D eigenvalue weighted by molar-refractivity contribution is 6.19. The zero-order chi connectivity index (χ0) is 45.5. The van der Waals surface area contributed by atoms with Gasteiger partial charge in [0.1, 0.15) is 0 Å². The van der Waals surface area contributed by atoms with Gasteiger partial charge in [-0.3, -0.25) is 0 Å². The number of hydrogen-bond donors (Lipinski definition) is 0. The largest absolute Gasteiger partial charge is 0.309 e. The van der Waals surface area contributed by atoms with Crippen LogP contribution in [0.25, 0.3) is 133 Å². The van der Waals surface area contributed by atoms with Gasteiger partial charge in [0, 0.05) is 60.5 Å². The molecule has 5 heteroatoms. The molecular weight excluding hydrogens is 839 g/mol. The van der Waals surface area contributed by atoms with Gasteiger partial charge in [-0.2, -0.15) is 0 Å². The maximum absolute atomic E-state index is 5.49. The summed E-state index contributed by atoms with van der Waals surface area (Å²) < 4.78 is 4.87. The Hall–Kier alpha value is -8.93. The van der Waals surface area contributed by atoms with Gasteiger partial charge < -0.3 is 9.13 Å². The van der Waals surface area contributed by atoms with E-state index in [2.05, 4.69) is 235 Å². The van der Waals surface area contributed by atoms with Crippen molar-refractivity contribution < 1.29 is 0 Å². The summed E-state index contributed by atoms with van der Waals surface area (Å²) >= 11 is 0. The Morgan fingerprint density at radius 2 is 0.957 bits per heavy atom. The third-order valence-corrected chi connectivity index (χ3v) is 15.1. The van der Waals surface area contributed by atoms with Gasteiger partial charge in [-0.15, -0.1) is 0 Å². The molecule has 0 amide bonds. The summed E-state index contributed by atoms with van der Waals surface area (Å²) in [4.78, 5) is 16.3. The van der Waals surface area contributed by atoms with Crippen molar-refractivity contribution in [2.45, 2.75) is 19.3 Å². The average molecular weight is 880 g/mol. The Bertz CT molecular complexity index is 4320. The standard InChI is InChI=1S/C64H41N5/c1-64(2)52-23-13-20-48-45-18-8-11-25-55(45)69-56-37-43(32-33-47(56)50-34-35-53(64)58(57(48)52)60(50)69)62-65-61(40-29-26-39(27-30-40)42-31-28-38-14-6-7-15-41(38)36-42)66-63(67-62)51-22-12-21-49-46-19-9-10-24-54(46)68(59(49)51)44-16-4-3-5-17-44/h3-37H,1-2H3. The van der Waals surface area contributed by atoms with Crippen molar-refractivity contribution in [3.8, 4) is 78.9 Å². The molecule has 3 aromatic heterocycles. The van der Waals surface area contributed by atoms with Gasteiger partial charge in [0.15, 0.2) is 17.5 Å². The molecule has 0 radical (unpaired) electrons. The molecule has 13 aromatic rings. The predicted molar refractivity (Wildman–Crippen MR) is 284 cm³/mol. The zero-order valence-electron chi connectivity index (χ0n) is 37.9. The molecule has 0 spiro atoms. The number of benzene rings is 10. The maximum Gasteiger partial charge on any atom is 0.166 e. The van der Waals surface area contributed by atoms with Crippen LogP contribution in [0.5, 0.6) is 0 Å². The molecule has 322 valence electrons. The Labute approximate surface area is 398 Å². The van der Waals surface area contributed by atoms with Crippen LogP contribution in [0.2, 0.25) is 0 Å². The van der Waals surface area contributed by atoms with E-state index in [1.807, 2.05) is 0 Å². The molecule has 0 bridgehead atoms. The lowest BCUT2D eigenvalue weighted by Gasteiger charge is -2.22. The minimum absolute atomic E-state index is 0.131. The van der Waals surface area contributed by atoms with Crippen LogP contribution >= 0.6 is 0 Å². The van der Waals surface area contributed by atoms with Crippen LogP contribution < -0.4 is 0 Å². The van der Waals surface area contributed by atoms with Gasteiger partial charge in [-0.05, 0) is 86.6 Å². The van der Waals surface area contributed by atoms with Crippen LogP contribution in [-0.2, 0) is 5.41 Å². The summed E-state index contributed by atoms with van der Waals surface area (Å²) in [6, 6.07) is 76.9. The molecule has 0 saturated heterocycles. The van der Waals surface area contributed by atoms with Crippen molar-refractivity contribution >= 4 is 54.4 Å². The highest BCUT2D eigenvalue weighted by Crippen LogP contribution is 2.58. The van der Waals surface area contributed by atoms with Crippen molar-refractivity contribution in [1.82, 2.24) is 24.1 Å². The molecule has 10 aromatic carbocycles. The van der Waals surface area contributed by atoms with E-state index < -0.39 is 0 Å². The number of rotatable bonds is 5. The van der Waals surface area contributed by atoms with Crippen molar-refractivity contribution in [1.29, 1.82) is 0 Å². The average Bonchev–Trinajstić information content (AvgIpc) is 3.98. The van der Waals surface area contributed by atoms with Crippen LogP contribution in [0.3, 0.4) is 0 Å². The second-order valence-electron chi connectivity index (χ2n) is 19.2. The Kier molecular flexibility index (Phi) is 7.78.